The van der Waals surface area contributed by atoms with E-state index in [4.69, 9.17) is 0 Å². The second-order valence-corrected chi connectivity index (χ2v) is 14.8. The first-order valence-electron chi connectivity index (χ1n) is 18.4. The topological polar surface area (TPSA) is 3.24 Å². The van der Waals surface area contributed by atoms with Gasteiger partial charge in [-0.2, -0.15) is 0 Å². The minimum atomic E-state index is 1.11. The summed E-state index contributed by atoms with van der Waals surface area (Å²) in [6.07, 6.45) is 0. The van der Waals surface area contributed by atoms with Crippen molar-refractivity contribution in [1.29, 1.82) is 0 Å². The summed E-state index contributed by atoms with van der Waals surface area (Å²) in [5, 5.41) is 5.10. The van der Waals surface area contributed by atoms with Crippen LogP contribution in [0.2, 0.25) is 0 Å². The van der Waals surface area contributed by atoms with E-state index in [9.17, 15) is 0 Å². The van der Waals surface area contributed by atoms with Gasteiger partial charge in [0.25, 0.3) is 0 Å². The molecule has 0 saturated carbocycles. The summed E-state index contributed by atoms with van der Waals surface area (Å²) in [4.78, 5) is 2.44. The average molecular weight is 706 g/mol. The lowest BCUT2D eigenvalue weighted by molar-refractivity contribution is 1.30. The molecule has 0 spiro atoms. The SMILES string of the molecule is c1ccc(-c2ccc(N(c3ccc(-c4ccc(-c5ccc6ccccc6c5)cc4)cc3)c3cccc4c3sc3ccccc34)cc2-c2ccccc2)cc1. The van der Waals surface area contributed by atoms with Crippen molar-refractivity contribution in [1.82, 2.24) is 0 Å². The highest BCUT2D eigenvalue weighted by atomic mass is 32.1. The van der Waals surface area contributed by atoms with Crippen LogP contribution in [0.1, 0.15) is 0 Å². The molecule has 0 saturated heterocycles. The molecule has 10 aromatic rings. The zero-order valence-electron chi connectivity index (χ0n) is 29.6. The molecule has 0 aliphatic heterocycles. The summed E-state index contributed by atoms with van der Waals surface area (Å²) >= 11 is 1.86. The molecule has 0 fully saturated rings. The zero-order valence-corrected chi connectivity index (χ0v) is 30.4. The van der Waals surface area contributed by atoms with Gasteiger partial charge in [0, 0.05) is 26.8 Å². The van der Waals surface area contributed by atoms with E-state index in [-0.39, 0.29) is 0 Å². The monoisotopic (exact) mass is 705 g/mol. The highest BCUT2D eigenvalue weighted by Gasteiger charge is 2.20. The van der Waals surface area contributed by atoms with Gasteiger partial charge in [0.05, 0.1) is 10.4 Å². The van der Waals surface area contributed by atoms with Gasteiger partial charge in [-0.15, -0.1) is 11.3 Å². The van der Waals surface area contributed by atoms with Crippen molar-refractivity contribution >= 4 is 59.3 Å². The molecule has 1 nitrogen and oxygen atoms in total. The fraction of sp³-hybridized carbons (Fsp3) is 0. The molecular formula is C52H35NS. The molecule has 0 aliphatic rings. The minimum Gasteiger partial charge on any atom is -0.309 e. The van der Waals surface area contributed by atoms with E-state index in [0.717, 1.165) is 11.4 Å². The predicted molar refractivity (Wildman–Crippen MR) is 233 cm³/mol. The number of thiophene rings is 1. The lowest BCUT2D eigenvalue weighted by Crippen LogP contribution is -2.10. The van der Waals surface area contributed by atoms with Crippen molar-refractivity contribution in [2.24, 2.45) is 0 Å². The number of nitrogens with zero attached hydrogens (tertiary/aromatic N) is 1. The number of benzene rings is 9. The van der Waals surface area contributed by atoms with Crippen LogP contribution in [0.4, 0.5) is 17.1 Å². The molecule has 0 bridgehead atoms. The summed E-state index contributed by atoms with van der Waals surface area (Å²) in [6, 6.07) is 77.1. The molecule has 0 atom stereocenters. The Kier molecular flexibility index (Phi) is 8.09. The van der Waals surface area contributed by atoms with E-state index in [1.807, 2.05) is 11.3 Å². The summed E-state index contributed by atoms with van der Waals surface area (Å²) in [5.74, 6) is 0. The van der Waals surface area contributed by atoms with Crippen molar-refractivity contribution in [3.05, 3.63) is 212 Å². The Balaban J connectivity index is 1.09. The van der Waals surface area contributed by atoms with E-state index in [1.54, 1.807) is 0 Å². The molecule has 0 N–H and O–H groups in total. The maximum absolute atomic E-state index is 2.44. The van der Waals surface area contributed by atoms with Gasteiger partial charge in [-0.05, 0) is 97.7 Å². The van der Waals surface area contributed by atoms with Gasteiger partial charge < -0.3 is 4.90 Å². The first kappa shape index (κ1) is 32.0. The zero-order chi connectivity index (χ0) is 35.8. The van der Waals surface area contributed by atoms with Crippen molar-refractivity contribution in [2.45, 2.75) is 0 Å². The van der Waals surface area contributed by atoms with Crippen LogP contribution < -0.4 is 4.90 Å². The van der Waals surface area contributed by atoms with E-state index < -0.39 is 0 Å². The van der Waals surface area contributed by atoms with Crippen LogP contribution in [-0.2, 0) is 0 Å². The Morgan fingerprint density at radius 3 is 1.61 bits per heavy atom. The van der Waals surface area contributed by atoms with Gasteiger partial charge in [-0.3, -0.25) is 0 Å². The van der Waals surface area contributed by atoms with Crippen LogP contribution in [0.15, 0.2) is 212 Å². The Morgan fingerprint density at radius 2 is 0.870 bits per heavy atom. The van der Waals surface area contributed by atoms with Crippen molar-refractivity contribution in [3.8, 4) is 44.5 Å². The molecule has 9 aromatic carbocycles. The number of rotatable bonds is 7. The van der Waals surface area contributed by atoms with E-state index in [2.05, 4.69) is 217 Å². The van der Waals surface area contributed by atoms with Gasteiger partial charge in [0.15, 0.2) is 0 Å². The molecule has 2 heteroatoms. The summed E-state index contributed by atoms with van der Waals surface area (Å²) in [5.41, 5.74) is 13.1. The fourth-order valence-corrected chi connectivity index (χ4v) is 8.97. The third-order valence-corrected chi connectivity index (χ3v) is 11.7. The third-order valence-electron chi connectivity index (χ3n) is 10.5. The summed E-state index contributed by atoms with van der Waals surface area (Å²) < 4.78 is 2.58. The fourth-order valence-electron chi connectivity index (χ4n) is 7.76. The lowest BCUT2D eigenvalue weighted by atomic mass is 9.93. The average Bonchev–Trinajstić information content (AvgIpc) is 3.64. The van der Waals surface area contributed by atoms with Gasteiger partial charge in [-0.1, -0.05) is 170 Å². The predicted octanol–water partition coefficient (Wildman–Crippen LogP) is 15.3. The van der Waals surface area contributed by atoms with E-state index >= 15 is 0 Å². The summed E-state index contributed by atoms with van der Waals surface area (Å²) in [6.45, 7) is 0. The van der Waals surface area contributed by atoms with Crippen LogP contribution in [0.3, 0.4) is 0 Å². The second-order valence-electron chi connectivity index (χ2n) is 13.7. The highest BCUT2D eigenvalue weighted by molar-refractivity contribution is 7.26. The number of fused-ring (bicyclic) bond motifs is 4. The minimum absolute atomic E-state index is 1.11. The molecule has 0 radical (unpaired) electrons. The quantitative estimate of drug-likeness (QED) is 0.160. The van der Waals surface area contributed by atoms with Gasteiger partial charge in [0.1, 0.15) is 0 Å². The largest absolute Gasteiger partial charge is 0.309 e. The van der Waals surface area contributed by atoms with Crippen LogP contribution in [-0.4, -0.2) is 0 Å². The molecule has 0 unspecified atom stereocenters. The van der Waals surface area contributed by atoms with Gasteiger partial charge in [-0.25, -0.2) is 0 Å². The molecule has 1 heterocycles. The number of hydrogen-bond acceptors (Lipinski definition) is 2. The van der Waals surface area contributed by atoms with Crippen LogP contribution >= 0.6 is 11.3 Å². The Labute approximate surface area is 319 Å². The lowest BCUT2D eigenvalue weighted by Gasteiger charge is -2.27. The number of anilines is 3. The molecule has 1 aromatic heterocycles. The molecular weight excluding hydrogens is 671 g/mol. The third kappa shape index (κ3) is 5.84. The second kappa shape index (κ2) is 13.7. The normalized spacial score (nSPS) is 11.3. The molecule has 10 rings (SSSR count). The van der Waals surface area contributed by atoms with Crippen molar-refractivity contribution in [3.63, 3.8) is 0 Å². The highest BCUT2D eigenvalue weighted by Crippen LogP contribution is 2.46. The van der Waals surface area contributed by atoms with Crippen LogP contribution in [0.5, 0.6) is 0 Å². The van der Waals surface area contributed by atoms with Crippen molar-refractivity contribution in [2.75, 3.05) is 4.90 Å². The first-order chi connectivity index (χ1) is 26.8. The van der Waals surface area contributed by atoms with Gasteiger partial charge >= 0.3 is 0 Å². The first-order valence-corrected chi connectivity index (χ1v) is 19.2. The van der Waals surface area contributed by atoms with Crippen LogP contribution in [0.25, 0.3) is 75.5 Å². The van der Waals surface area contributed by atoms with Crippen LogP contribution in [0, 0.1) is 0 Å². The maximum atomic E-state index is 2.44. The van der Waals surface area contributed by atoms with Crippen molar-refractivity contribution < 1.29 is 0 Å². The van der Waals surface area contributed by atoms with E-state index in [1.165, 1.54) is 81.1 Å². The Morgan fingerprint density at radius 1 is 0.315 bits per heavy atom. The Hall–Kier alpha value is -6.74. The number of hydrogen-bond donors (Lipinski definition) is 0. The van der Waals surface area contributed by atoms with Gasteiger partial charge in [0.2, 0.25) is 0 Å². The molecule has 54 heavy (non-hydrogen) atoms. The maximum Gasteiger partial charge on any atom is 0.0640 e. The molecule has 0 amide bonds. The molecule has 254 valence electrons. The summed E-state index contributed by atoms with van der Waals surface area (Å²) in [7, 11) is 0. The Bertz CT molecular complexity index is 2910. The molecule has 0 aliphatic carbocycles. The van der Waals surface area contributed by atoms with E-state index in [0.29, 0.717) is 0 Å². The standard InChI is InChI=1S/C52H35NS/c1-3-13-40(14-4-1)46-33-32-45(35-49(46)41-15-5-2-6-16-41)53(50-20-11-19-48-47-18-9-10-21-51(47)54-52(48)50)44-30-28-38(29-31-44)37-22-24-39(25-23-37)43-27-26-36-12-7-8-17-42(36)34-43/h1-35H. The smallest absolute Gasteiger partial charge is 0.0640 e.